The van der Waals surface area contributed by atoms with Gasteiger partial charge in [-0.1, -0.05) is 55.1 Å². The first kappa shape index (κ1) is 20.9. The molecule has 3 N–H and O–H groups in total. The molecule has 0 unspecified atom stereocenters. The van der Waals surface area contributed by atoms with Gasteiger partial charge in [0.05, 0.1) is 5.56 Å². The first-order valence-corrected chi connectivity index (χ1v) is 10.8. The van der Waals surface area contributed by atoms with Gasteiger partial charge in [0, 0.05) is 17.6 Å². The van der Waals surface area contributed by atoms with Crippen molar-refractivity contribution < 1.29 is 0 Å². The average molecular weight is 412 g/mol. The molecule has 0 bridgehead atoms. The van der Waals surface area contributed by atoms with E-state index < -0.39 is 0 Å². The minimum Gasteiger partial charge on any atom is -0.355 e. The summed E-state index contributed by atoms with van der Waals surface area (Å²) in [6.45, 7) is 8.38. The van der Waals surface area contributed by atoms with E-state index in [0.717, 1.165) is 35.5 Å². The lowest BCUT2D eigenvalue weighted by molar-refractivity contribution is 0.460. The lowest BCUT2D eigenvalue weighted by atomic mass is 9.90. The molecule has 158 valence electrons. The van der Waals surface area contributed by atoms with Crippen LogP contribution >= 0.6 is 0 Å². The zero-order valence-corrected chi connectivity index (χ0v) is 17.9. The molecule has 2 aromatic carbocycles. The Morgan fingerprint density at radius 3 is 2.45 bits per heavy atom. The minimum atomic E-state index is -0.154. The zero-order chi connectivity index (χ0) is 21.6. The molecule has 31 heavy (non-hydrogen) atoms. The lowest BCUT2D eigenvalue weighted by Crippen LogP contribution is -2.26. The molecular formula is C27H29N3O. The Kier molecular flexibility index (Phi) is 6.48. The quantitative estimate of drug-likeness (QED) is 0.503. The Balaban J connectivity index is 1.55. The van der Waals surface area contributed by atoms with Crippen LogP contribution in [0.5, 0.6) is 0 Å². The summed E-state index contributed by atoms with van der Waals surface area (Å²) in [7, 11) is 0. The second-order valence-corrected chi connectivity index (χ2v) is 8.08. The fourth-order valence-electron chi connectivity index (χ4n) is 4.17. The lowest BCUT2D eigenvalue weighted by Gasteiger charge is -2.23. The summed E-state index contributed by atoms with van der Waals surface area (Å²) in [4.78, 5) is 15.4. The van der Waals surface area contributed by atoms with Gasteiger partial charge in [0.1, 0.15) is 0 Å². The highest BCUT2D eigenvalue weighted by Crippen LogP contribution is 2.27. The van der Waals surface area contributed by atoms with Crippen LogP contribution in [0.15, 0.2) is 78.2 Å². The van der Waals surface area contributed by atoms with Crippen LogP contribution < -0.4 is 16.2 Å². The van der Waals surface area contributed by atoms with Gasteiger partial charge in [-0.15, -0.1) is 0 Å². The van der Waals surface area contributed by atoms with Gasteiger partial charge in [0.2, 0.25) is 0 Å². The van der Waals surface area contributed by atoms with Crippen molar-refractivity contribution in [1.29, 1.82) is 0 Å². The molecule has 0 aliphatic carbocycles. The van der Waals surface area contributed by atoms with Crippen molar-refractivity contribution in [2.24, 2.45) is 0 Å². The Labute approximate surface area is 183 Å². The van der Waals surface area contributed by atoms with Crippen LogP contribution in [0.4, 0.5) is 5.69 Å². The Hall–Kier alpha value is -3.37. The maximum atomic E-state index is 12.7. The van der Waals surface area contributed by atoms with Gasteiger partial charge in [-0.25, -0.2) is 0 Å². The third kappa shape index (κ3) is 5.04. The smallest absolute Gasteiger partial charge is 0.257 e. The van der Waals surface area contributed by atoms with Gasteiger partial charge >= 0.3 is 0 Å². The number of hydrogen-bond acceptors (Lipinski definition) is 3. The van der Waals surface area contributed by atoms with Gasteiger partial charge in [-0.3, -0.25) is 4.79 Å². The van der Waals surface area contributed by atoms with Crippen molar-refractivity contribution in [2.75, 3.05) is 18.4 Å². The molecule has 1 aromatic heterocycles. The van der Waals surface area contributed by atoms with Crippen molar-refractivity contribution in [3.05, 3.63) is 106 Å². The molecule has 1 saturated heterocycles. The van der Waals surface area contributed by atoms with Crippen molar-refractivity contribution in [3.8, 4) is 0 Å². The number of H-pyrrole nitrogens is 1. The number of aromatic nitrogens is 1. The molecule has 0 radical (unpaired) electrons. The number of piperidine rings is 1. The van der Waals surface area contributed by atoms with E-state index >= 15 is 0 Å². The van der Waals surface area contributed by atoms with Gasteiger partial charge in [0.25, 0.3) is 5.56 Å². The van der Waals surface area contributed by atoms with E-state index in [0.29, 0.717) is 17.2 Å². The number of benzene rings is 2. The predicted octanol–water partition coefficient (Wildman–Crippen LogP) is 5.49. The molecule has 4 rings (SSSR count). The van der Waals surface area contributed by atoms with Gasteiger partial charge < -0.3 is 15.6 Å². The molecular weight excluding hydrogens is 382 g/mol. The molecule has 1 aliphatic rings. The molecule has 0 atom stereocenters. The monoisotopic (exact) mass is 411 g/mol. The Bertz CT molecular complexity index is 1120. The van der Waals surface area contributed by atoms with Crippen LogP contribution in [-0.4, -0.2) is 18.1 Å². The predicted molar refractivity (Wildman–Crippen MR) is 131 cm³/mol. The Morgan fingerprint density at radius 1 is 1.03 bits per heavy atom. The molecule has 0 amide bonds. The van der Waals surface area contributed by atoms with Crippen LogP contribution in [0.25, 0.3) is 17.3 Å². The number of aromatic amines is 1. The summed E-state index contributed by atoms with van der Waals surface area (Å²) in [5, 5.41) is 6.74. The molecule has 1 fully saturated rings. The molecule has 1 aliphatic heterocycles. The molecule has 4 heteroatoms. The van der Waals surface area contributed by atoms with Crippen LogP contribution in [-0.2, 0) is 0 Å². The molecule has 3 aromatic rings. The summed E-state index contributed by atoms with van der Waals surface area (Å²) < 4.78 is 0. The third-order valence-corrected chi connectivity index (χ3v) is 5.91. The van der Waals surface area contributed by atoms with Crippen LogP contribution in [0.2, 0.25) is 0 Å². The van der Waals surface area contributed by atoms with Crippen molar-refractivity contribution in [2.45, 2.75) is 25.7 Å². The summed E-state index contributed by atoms with van der Waals surface area (Å²) >= 11 is 0. The standard InChI is InChI=1S/C27H29N3O/c1-19(21-6-4-3-5-7-21)18-24-14-17-29-27(31)26(24)20(2)30-25-10-8-22(9-11-25)23-12-15-28-16-13-23/h3-11,14,17-18,23,28,30H,2,12-13,15-16H2,1H3,(H,29,31)/b19-18+. The highest BCUT2D eigenvalue weighted by molar-refractivity contribution is 5.86. The van der Waals surface area contributed by atoms with E-state index in [1.807, 2.05) is 30.3 Å². The van der Waals surface area contributed by atoms with E-state index in [4.69, 9.17) is 0 Å². The van der Waals surface area contributed by atoms with Crippen LogP contribution in [0, 0.1) is 0 Å². The van der Waals surface area contributed by atoms with E-state index in [9.17, 15) is 4.79 Å². The highest BCUT2D eigenvalue weighted by Gasteiger charge is 2.15. The topological polar surface area (TPSA) is 56.9 Å². The maximum absolute atomic E-state index is 12.7. The summed E-state index contributed by atoms with van der Waals surface area (Å²) in [6.07, 6.45) is 6.06. The largest absolute Gasteiger partial charge is 0.355 e. The fourth-order valence-corrected chi connectivity index (χ4v) is 4.17. The number of rotatable bonds is 6. The zero-order valence-electron chi connectivity index (χ0n) is 17.9. The number of hydrogen-bond donors (Lipinski definition) is 3. The van der Waals surface area contributed by atoms with E-state index in [1.165, 1.54) is 18.4 Å². The number of allylic oxidation sites excluding steroid dienone is 1. The second kappa shape index (κ2) is 9.63. The number of pyridine rings is 1. The van der Waals surface area contributed by atoms with E-state index in [1.54, 1.807) is 6.20 Å². The minimum absolute atomic E-state index is 0.154. The molecule has 2 heterocycles. The van der Waals surface area contributed by atoms with Gasteiger partial charge in [0.15, 0.2) is 0 Å². The first-order valence-electron chi connectivity index (χ1n) is 10.8. The number of anilines is 1. The highest BCUT2D eigenvalue weighted by atomic mass is 16.1. The average Bonchev–Trinajstić information content (AvgIpc) is 2.81. The van der Waals surface area contributed by atoms with Gasteiger partial charge in [-0.05, 0) is 79.2 Å². The van der Waals surface area contributed by atoms with Crippen LogP contribution in [0.3, 0.4) is 0 Å². The fraction of sp³-hybridized carbons (Fsp3) is 0.222. The van der Waals surface area contributed by atoms with Crippen molar-refractivity contribution in [3.63, 3.8) is 0 Å². The third-order valence-electron chi connectivity index (χ3n) is 5.91. The molecule has 4 nitrogen and oxygen atoms in total. The normalized spacial score (nSPS) is 14.9. The molecule has 0 spiro atoms. The SMILES string of the molecule is C=C(Nc1ccc(C2CCNCC2)cc1)c1c(/C=C(\C)c2ccccc2)cc[nH]c1=O. The molecule has 0 saturated carbocycles. The van der Waals surface area contributed by atoms with E-state index in [2.05, 4.69) is 65.5 Å². The maximum Gasteiger partial charge on any atom is 0.257 e. The van der Waals surface area contributed by atoms with Crippen molar-refractivity contribution >= 4 is 23.0 Å². The van der Waals surface area contributed by atoms with Crippen LogP contribution in [0.1, 0.15) is 47.9 Å². The Morgan fingerprint density at radius 2 is 1.74 bits per heavy atom. The first-order chi connectivity index (χ1) is 15.1. The van der Waals surface area contributed by atoms with E-state index in [-0.39, 0.29) is 5.56 Å². The van der Waals surface area contributed by atoms with Crippen molar-refractivity contribution in [1.82, 2.24) is 10.3 Å². The number of nitrogens with one attached hydrogen (secondary N) is 3. The second-order valence-electron chi connectivity index (χ2n) is 8.08. The summed E-state index contributed by atoms with van der Waals surface area (Å²) in [6, 6.07) is 20.6. The summed E-state index contributed by atoms with van der Waals surface area (Å²) in [5.41, 5.74) is 6.35. The summed E-state index contributed by atoms with van der Waals surface area (Å²) in [5.74, 6) is 0.619. The van der Waals surface area contributed by atoms with Gasteiger partial charge in [-0.2, -0.15) is 0 Å².